The molecule has 146 valence electrons. The number of ether oxygens (including phenoxy) is 1. The SMILES string of the molecule is C[C@H](Oc1ccc(F)cc1)c1nnc(S[C@H](C(=O)N(C)C)c2ccccc2)o1. The van der Waals surface area contributed by atoms with Gasteiger partial charge in [-0.25, -0.2) is 4.39 Å². The first-order valence-electron chi connectivity index (χ1n) is 8.62. The zero-order valence-corrected chi connectivity index (χ0v) is 16.5. The van der Waals surface area contributed by atoms with Crippen molar-refractivity contribution in [2.24, 2.45) is 0 Å². The van der Waals surface area contributed by atoms with Crippen molar-refractivity contribution in [1.29, 1.82) is 0 Å². The number of nitrogens with zero attached hydrogens (tertiary/aromatic N) is 3. The first-order valence-corrected chi connectivity index (χ1v) is 9.50. The Morgan fingerprint density at radius 2 is 1.79 bits per heavy atom. The molecule has 0 fully saturated rings. The monoisotopic (exact) mass is 401 g/mol. The Labute approximate surface area is 166 Å². The van der Waals surface area contributed by atoms with E-state index in [1.165, 1.54) is 40.9 Å². The number of carbonyl (C=O) groups excluding carboxylic acids is 1. The molecule has 28 heavy (non-hydrogen) atoms. The summed E-state index contributed by atoms with van der Waals surface area (Å²) in [5.41, 5.74) is 0.849. The van der Waals surface area contributed by atoms with Crippen molar-refractivity contribution in [3.63, 3.8) is 0 Å². The van der Waals surface area contributed by atoms with Crippen LogP contribution in [0.2, 0.25) is 0 Å². The maximum absolute atomic E-state index is 13.0. The van der Waals surface area contributed by atoms with Crippen molar-refractivity contribution in [1.82, 2.24) is 15.1 Å². The van der Waals surface area contributed by atoms with Crippen LogP contribution >= 0.6 is 11.8 Å². The summed E-state index contributed by atoms with van der Waals surface area (Å²) in [5.74, 6) is 0.350. The quantitative estimate of drug-likeness (QED) is 0.551. The predicted octanol–water partition coefficient (Wildman–Crippen LogP) is 4.27. The number of carbonyl (C=O) groups is 1. The van der Waals surface area contributed by atoms with Crippen molar-refractivity contribution in [3.8, 4) is 5.75 Å². The average molecular weight is 401 g/mol. The molecule has 2 aromatic carbocycles. The summed E-state index contributed by atoms with van der Waals surface area (Å²) in [4.78, 5) is 14.1. The van der Waals surface area contributed by atoms with Crippen LogP contribution in [0.25, 0.3) is 0 Å². The van der Waals surface area contributed by atoms with E-state index in [0.29, 0.717) is 5.75 Å². The van der Waals surface area contributed by atoms with Crippen LogP contribution in [0.15, 0.2) is 64.2 Å². The Balaban J connectivity index is 1.74. The van der Waals surface area contributed by atoms with Crippen molar-refractivity contribution in [3.05, 3.63) is 71.9 Å². The smallest absolute Gasteiger partial charge is 0.277 e. The molecular formula is C20H20FN3O3S. The van der Waals surface area contributed by atoms with E-state index in [0.717, 1.165) is 5.56 Å². The predicted molar refractivity (Wildman–Crippen MR) is 103 cm³/mol. The Bertz CT molecular complexity index is 916. The number of amides is 1. The van der Waals surface area contributed by atoms with Crippen LogP contribution in [0.3, 0.4) is 0 Å². The summed E-state index contributed by atoms with van der Waals surface area (Å²) < 4.78 is 24.4. The minimum absolute atomic E-state index is 0.0773. The molecule has 0 aliphatic heterocycles. The Morgan fingerprint density at radius 3 is 2.43 bits per heavy atom. The molecule has 0 unspecified atom stereocenters. The van der Waals surface area contributed by atoms with Gasteiger partial charge in [0, 0.05) is 14.1 Å². The number of hydrogen-bond donors (Lipinski definition) is 0. The lowest BCUT2D eigenvalue weighted by Gasteiger charge is -2.19. The van der Waals surface area contributed by atoms with Gasteiger partial charge in [-0.15, -0.1) is 10.2 Å². The van der Waals surface area contributed by atoms with Gasteiger partial charge in [-0.1, -0.05) is 30.3 Å². The molecule has 0 saturated heterocycles. The minimum Gasteiger partial charge on any atom is -0.481 e. The van der Waals surface area contributed by atoms with E-state index in [4.69, 9.17) is 9.15 Å². The van der Waals surface area contributed by atoms with Crippen LogP contribution < -0.4 is 4.74 Å². The minimum atomic E-state index is -0.521. The molecule has 1 amide bonds. The van der Waals surface area contributed by atoms with Crippen LogP contribution in [0.1, 0.15) is 29.7 Å². The molecule has 0 N–H and O–H groups in total. The fourth-order valence-corrected chi connectivity index (χ4v) is 3.45. The normalized spacial score (nSPS) is 13.0. The van der Waals surface area contributed by atoms with Gasteiger partial charge in [-0.2, -0.15) is 0 Å². The van der Waals surface area contributed by atoms with E-state index in [-0.39, 0.29) is 22.8 Å². The van der Waals surface area contributed by atoms with E-state index in [2.05, 4.69) is 10.2 Å². The van der Waals surface area contributed by atoms with Gasteiger partial charge in [0.1, 0.15) is 16.8 Å². The second-order valence-corrected chi connectivity index (χ2v) is 7.32. The van der Waals surface area contributed by atoms with Crippen LogP contribution in [-0.2, 0) is 4.79 Å². The van der Waals surface area contributed by atoms with Crippen LogP contribution in [0, 0.1) is 5.82 Å². The standard InChI is InChI=1S/C20H20FN3O3S/c1-13(26-16-11-9-15(21)10-12-16)18-22-23-20(27-18)28-17(19(25)24(2)3)14-7-5-4-6-8-14/h4-13,17H,1-3H3/t13-,17-/m0/s1. The molecule has 0 saturated carbocycles. The van der Waals surface area contributed by atoms with Crippen molar-refractivity contribution < 1.29 is 18.3 Å². The number of aromatic nitrogens is 2. The van der Waals surface area contributed by atoms with Gasteiger partial charge in [0.05, 0.1) is 0 Å². The van der Waals surface area contributed by atoms with Gasteiger partial charge in [0.25, 0.3) is 11.1 Å². The molecule has 3 rings (SSSR count). The number of halogens is 1. The third-order valence-electron chi connectivity index (χ3n) is 3.88. The molecular weight excluding hydrogens is 381 g/mol. The maximum atomic E-state index is 13.0. The lowest BCUT2D eigenvalue weighted by atomic mass is 10.1. The first kappa shape index (κ1) is 19.9. The third-order valence-corrected chi connectivity index (χ3v) is 4.96. The zero-order chi connectivity index (χ0) is 20.1. The zero-order valence-electron chi connectivity index (χ0n) is 15.7. The van der Waals surface area contributed by atoms with Crippen LogP contribution in [0.5, 0.6) is 5.75 Å². The number of hydrogen-bond acceptors (Lipinski definition) is 6. The van der Waals surface area contributed by atoms with Crippen molar-refractivity contribution >= 4 is 17.7 Å². The van der Waals surface area contributed by atoms with E-state index in [1.807, 2.05) is 30.3 Å². The second kappa shape index (κ2) is 8.88. The second-order valence-electron chi connectivity index (χ2n) is 6.26. The first-order chi connectivity index (χ1) is 13.4. The molecule has 0 bridgehead atoms. The Hall–Kier alpha value is -2.87. The molecule has 6 nitrogen and oxygen atoms in total. The van der Waals surface area contributed by atoms with Crippen LogP contribution in [-0.4, -0.2) is 35.1 Å². The number of thioether (sulfide) groups is 1. The fraction of sp³-hybridized carbons (Fsp3) is 0.250. The van der Waals surface area contributed by atoms with E-state index in [9.17, 15) is 9.18 Å². The van der Waals surface area contributed by atoms with Crippen molar-refractivity contribution in [2.75, 3.05) is 14.1 Å². The largest absolute Gasteiger partial charge is 0.481 e. The highest BCUT2D eigenvalue weighted by molar-refractivity contribution is 8.00. The van der Waals surface area contributed by atoms with E-state index < -0.39 is 11.4 Å². The molecule has 1 heterocycles. The molecule has 0 spiro atoms. The highest BCUT2D eigenvalue weighted by Gasteiger charge is 2.27. The maximum Gasteiger partial charge on any atom is 0.277 e. The molecule has 3 aromatic rings. The lowest BCUT2D eigenvalue weighted by Crippen LogP contribution is -2.26. The highest BCUT2D eigenvalue weighted by Crippen LogP contribution is 2.36. The Morgan fingerprint density at radius 1 is 1.11 bits per heavy atom. The topological polar surface area (TPSA) is 68.5 Å². The highest BCUT2D eigenvalue weighted by atomic mass is 32.2. The summed E-state index contributed by atoms with van der Waals surface area (Å²) in [5, 5.41) is 7.82. The molecule has 0 aliphatic rings. The van der Waals surface area contributed by atoms with Gasteiger partial charge in [-0.05, 0) is 48.5 Å². The van der Waals surface area contributed by atoms with Crippen molar-refractivity contribution in [2.45, 2.75) is 23.5 Å². The number of rotatable bonds is 7. The average Bonchev–Trinajstić information content (AvgIpc) is 3.17. The van der Waals surface area contributed by atoms with Gasteiger partial charge in [-0.3, -0.25) is 4.79 Å². The number of likely N-dealkylation sites (N-methyl/N-ethyl adjacent to an activating group) is 1. The summed E-state index contributed by atoms with van der Waals surface area (Å²) >= 11 is 1.19. The third kappa shape index (κ3) is 4.89. The number of benzene rings is 2. The van der Waals surface area contributed by atoms with E-state index in [1.54, 1.807) is 21.0 Å². The summed E-state index contributed by atoms with van der Waals surface area (Å²) in [6.07, 6.45) is -0.521. The van der Waals surface area contributed by atoms with Gasteiger partial charge >= 0.3 is 0 Å². The molecule has 0 aliphatic carbocycles. The summed E-state index contributed by atoms with van der Waals surface area (Å²) in [6.45, 7) is 1.75. The molecule has 2 atom stereocenters. The van der Waals surface area contributed by atoms with Gasteiger partial charge < -0.3 is 14.1 Å². The molecule has 0 radical (unpaired) electrons. The van der Waals surface area contributed by atoms with E-state index >= 15 is 0 Å². The van der Waals surface area contributed by atoms with Gasteiger partial charge in [0.2, 0.25) is 5.91 Å². The fourth-order valence-electron chi connectivity index (χ4n) is 2.42. The Kier molecular flexibility index (Phi) is 6.30. The van der Waals surface area contributed by atoms with Gasteiger partial charge in [0.15, 0.2) is 6.10 Å². The molecule has 8 heteroatoms. The summed E-state index contributed by atoms with van der Waals surface area (Å²) in [6, 6.07) is 15.1. The molecule has 1 aromatic heterocycles. The summed E-state index contributed by atoms with van der Waals surface area (Å²) in [7, 11) is 3.41. The lowest BCUT2D eigenvalue weighted by molar-refractivity contribution is -0.128. The van der Waals surface area contributed by atoms with Crippen LogP contribution in [0.4, 0.5) is 4.39 Å².